The molecule has 0 spiro atoms. The molecule has 0 aliphatic carbocycles. The summed E-state index contributed by atoms with van der Waals surface area (Å²) in [5.74, 6) is 0.357. The second-order valence-electron chi connectivity index (χ2n) is 6.46. The van der Waals surface area contributed by atoms with Gasteiger partial charge in [-0.1, -0.05) is 13.3 Å². The van der Waals surface area contributed by atoms with E-state index in [9.17, 15) is 8.42 Å². The van der Waals surface area contributed by atoms with Crippen LogP contribution < -0.4 is 5.32 Å². The van der Waals surface area contributed by atoms with Gasteiger partial charge in [-0.05, 0) is 52.5 Å². The van der Waals surface area contributed by atoms with Gasteiger partial charge in [0.1, 0.15) is 0 Å². The Morgan fingerprint density at radius 3 is 2.60 bits per heavy atom. The summed E-state index contributed by atoms with van der Waals surface area (Å²) in [7, 11) is -1.22. The molecule has 2 atom stereocenters. The first-order valence-corrected chi connectivity index (χ1v) is 9.54. The Kier molecular flexibility index (Phi) is 6.95. The third-order valence-corrected chi connectivity index (χ3v) is 6.69. The average Bonchev–Trinajstić information content (AvgIpc) is 2.39. The maximum absolute atomic E-state index is 12.3. The molecule has 0 aromatic carbocycles. The summed E-state index contributed by atoms with van der Waals surface area (Å²) in [5.41, 5.74) is -0.190. The average molecular weight is 305 g/mol. The van der Waals surface area contributed by atoms with E-state index in [0.717, 1.165) is 45.1 Å². The molecule has 1 rings (SSSR count). The molecule has 0 aromatic heterocycles. The highest BCUT2D eigenvalue weighted by Gasteiger charge is 2.35. The molecule has 0 bridgehead atoms. The van der Waals surface area contributed by atoms with E-state index >= 15 is 0 Å². The van der Waals surface area contributed by atoms with Crippen LogP contribution in [-0.2, 0) is 14.6 Å². The van der Waals surface area contributed by atoms with Crippen molar-refractivity contribution in [2.75, 3.05) is 19.4 Å². The quantitative estimate of drug-likeness (QED) is 0.749. The number of nitrogens with one attached hydrogen (secondary N) is 1. The molecule has 1 fully saturated rings. The Morgan fingerprint density at radius 2 is 2.05 bits per heavy atom. The monoisotopic (exact) mass is 305 g/mol. The van der Waals surface area contributed by atoms with Gasteiger partial charge in [0, 0.05) is 13.2 Å². The number of rotatable bonds is 8. The Labute approximate surface area is 124 Å². The molecule has 120 valence electrons. The zero-order valence-electron chi connectivity index (χ0n) is 13.4. The van der Waals surface area contributed by atoms with Crippen LogP contribution in [0, 0.1) is 0 Å². The van der Waals surface area contributed by atoms with Gasteiger partial charge < -0.3 is 10.1 Å². The smallest absolute Gasteiger partial charge is 0.154 e. The van der Waals surface area contributed by atoms with E-state index < -0.39 is 9.84 Å². The third kappa shape index (κ3) is 5.34. The molecule has 0 radical (unpaired) electrons. The van der Waals surface area contributed by atoms with E-state index in [1.54, 1.807) is 7.11 Å². The van der Waals surface area contributed by atoms with Gasteiger partial charge >= 0.3 is 0 Å². The van der Waals surface area contributed by atoms with E-state index in [-0.39, 0.29) is 16.9 Å². The fourth-order valence-electron chi connectivity index (χ4n) is 2.79. The zero-order chi connectivity index (χ0) is 15.2. The predicted molar refractivity (Wildman–Crippen MR) is 83.8 cm³/mol. The number of hydrogen-bond donors (Lipinski definition) is 1. The maximum atomic E-state index is 12.3. The minimum atomic E-state index is -2.93. The highest BCUT2D eigenvalue weighted by molar-refractivity contribution is 7.92. The van der Waals surface area contributed by atoms with Gasteiger partial charge in [0.2, 0.25) is 0 Å². The van der Waals surface area contributed by atoms with Crippen molar-refractivity contribution in [3.05, 3.63) is 0 Å². The van der Waals surface area contributed by atoms with Crippen LogP contribution >= 0.6 is 0 Å². The van der Waals surface area contributed by atoms with Crippen molar-refractivity contribution in [1.29, 1.82) is 0 Å². The number of hydrogen-bond acceptors (Lipinski definition) is 4. The minimum absolute atomic E-state index is 0.0645. The summed E-state index contributed by atoms with van der Waals surface area (Å²) < 4.78 is 30.1. The predicted octanol–water partition coefficient (Wildman–Crippen LogP) is 2.53. The molecule has 1 N–H and O–H groups in total. The van der Waals surface area contributed by atoms with E-state index in [4.69, 9.17) is 4.74 Å². The van der Waals surface area contributed by atoms with Crippen molar-refractivity contribution in [2.24, 2.45) is 0 Å². The normalized spacial score (nSPS) is 24.5. The first-order valence-electron chi connectivity index (χ1n) is 7.82. The van der Waals surface area contributed by atoms with Crippen LogP contribution in [-0.4, -0.2) is 44.7 Å². The van der Waals surface area contributed by atoms with Gasteiger partial charge in [0.05, 0.1) is 16.6 Å². The van der Waals surface area contributed by atoms with Crippen molar-refractivity contribution in [3.63, 3.8) is 0 Å². The molecule has 5 heteroatoms. The Balaban J connectivity index is 2.72. The SMILES string of the molecule is CCCNC(CCC(C)(C)OC)C1CCCCS1(=O)=O. The van der Waals surface area contributed by atoms with Crippen LogP contribution in [0.5, 0.6) is 0 Å². The Hall–Kier alpha value is -0.130. The van der Waals surface area contributed by atoms with Crippen molar-refractivity contribution in [2.45, 2.75) is 76.2 Å². The standard InChI is InChI=1S/C15H31NO3S/c1-5-11-16-13(9-10-15(2,3)19-4)14-8-6-7-12-20(14,17)18/h13-14,16H,5-12H2,1-4H3. The first kappa shape index (κ1) is 17.9. The van der Waals surface area contributed by atoms with Crippen LogP contribution in [0.2, 0.25) is 0 Å². The van der Waals surface area contributed by atoms with E-state index in [0.29, 0.717) is 5.75 Å². The minimum Gasteiger partial charge on any atom is -0.379 e. The summed E-state index contributed by atoms with van der Waals surface area (Å²) in [5, 5.41) is 3.24. The molecule has 0 aromatic rings. The van der Waals surface area contributed by atoms with E-state index in [1.807, 2.05) is 0 Å². The molecule has 4 nitrogen and oxygen atoms in total. The van der Waals surface area contributed by atoms with Crippen LogP contribution in [0.3, 0.4) is 0 Å². The molecule has 1 saturated heterocycles. The summed E-state index contributed by atoms with van der Waals surface area (Å²) in [6.45, 7) is 7.10. The molecule has 1 heterocycles. The van der Waals surface area contributed by atoms with Crippen LogP contribution in [0.1, 0.15) is 59.3 Å². The van der Waals surface area contributed by atoms with Gasteiger partial charge in [-0.2, -0.15) is 0 Å². The van der Waals surface area contributed by atoms with Crippen LogP contribution in [0.4, 0.5) is 0 Å². The Morgan fingerprint density at radius 1 is 1.35 bits per heavy atom. The highest BCUT2D eigenvalue weighted by atomic mass is 32.2. The second-order valence-corrected chi connectivity index (χ2v) is 8.80. The summed E-state index contributed by atoms with van der Waals surface area (Å²) in [6, 6.07) is 0.0645. The molecule has 1 aliphatic heterocycles. The van der Waals surface area contributed by atoms with Crippen LogP contribution in [0.25, 0.3) is 0 Å². The van der Waals surface area contributed by atoms with Crippen molar-refractivity contribution >= 4 is 9.84 Å². The maximum Gasteiger partial charge on any atom is 0.154 e. The largest absolute Gasteiger partial charge is 0.379 e. The fraction of sp³-hybridized carbons (Fsp3) is 1.00. The number of sulfone groups is 1. The highest BCUT2D eigenvalue weighted by Crippen LogP contribution is 2.26. The van der Waals surface area contributed by atoms with Crippen molar-refractivity contribution in [1.82, 2.24) is 5.32 Å². The second kappa shape index (κ2) is 7.76. The number of methoxy groups -OCH3 is 1. The zero-order valence-corrected chi connectivity index (χ0v) is 14.3. The molecule has 1 aliphatic rings. The van der Waals surface area contributed by atoms with E-state index in [1.165, 1.54) is 0 Å². The molecular weight excluding hydrogens is 274 g/mol. The third-order valence-electron chi connectivity index (χ3n) is 4.34. The van der Waals surface area contributed by atoms with Gasteiger partial charge in [-0.3, -0.25) is 0 Å². The fourth-order valence-corrected chi connectivity index (χ4v) is 4.95. The molecule has 2 unspecified atom stereocenters. The summed E-state index contributed by atoms with van der Waals surface area (Å²) in [6.07, 6.45) is 5.40. The van der Waals surface area contributed by atoms with E-state index in [2.05, 4.69) is 26.1 Å². The lowest BCUT2D eigenvalue weighted by Crippen LogP contribution is -2.47. The molecule has 20 heavy (non-hydrogen) atoms. The van der Waals surface area contributed by atoms with Crippen molar-refractivity contribution < 1.29 is 13.2 Å². The lowest BCUT2D eigenvalue weighted by Gasteiger charge is -2.33. The topological polar surface area (TPSA) is 55.4 Å². The number of ether oxygens (including phenoxy) is 1. The Bertz CT molecular complexity index is 379. The first-order chi connectivity index (χ1) is 9.32. The van der Waals surface area contributed by atoms with Crippen molar-refractivity contribution in [3.8, 4) is 0 Å². The van der Waals surface area contributed by atoms with Gasteiger partial charge in [-0.25, -0.2) is 8.42 Å². The summed E-state index contributed by atoms with van der Waals surface area (Å²) >= 11 is 0. The molecule has 0 saturated carbocycles. The lowest BCUT2D eigenvalue weighted by atomic mass is 9.95. The lowest BCUT2D eigenvalue weighted by molar-refractivity contribution is 0.0115. The molecule has 0 amide bonds. The van der Waals surface area contributed by atoms with Gasteiger partial charge in [0.25, 0.3) is 0 Å². The van der Waals surface area contributed by atoms with Gasteiger partial charge in [-0.15, -0.1) is 0 Å². The molecular formula is C15H31NO3S. The van der Waals surface area contributed by atoms with Gasteiger partial charge in [0.15, 0.2) is 9.84 Å². The van der Waals surface area contributed by atoms with Crippen LogP contribution in [0.15, 0.2) is 0 Å². The summed E-state index contributed by atoms with van der Waals surface area (Å²) in [4.78, 5) is 0.